The molecule has 1 aliphatic heterocycles. The number of benzene rings is 1. The fraction of sp³-hybridized carbons (Fsp3) is 0.462. The topological polar surface area (TPSA) is 93.5 Å². The van der Waals surface area contributed by atoms with E-state index in [1.54, 1.807) is 6.07 Å². The van der Waals surface area contributed by atoms with Gasteiger partial charge in [0.05, 0.1) is 15.5 Å². The van der Waals surface area contributed by atoms with E-state index in [1.807, 2.05) is 0 Å². The molecule has 0 aliphatic carbocycles. The lowest BCUT2D eigenvalue weighted by Crippen LogP contribution is -2.34. The molecular formula is C13H16BrN3O4. The lowest BCUT2D eigenvalue weighted by atomic mass is 10.1. The summed E-state index contributed by atoms with van der Waals surface area (Å²) in [6.45, 7) is 1.74. The fourth-order valence-corrected chi connectivity index (χ4v) is 2.47. The number of hydrogen-bond donors (Lipinski definition) is 2. The lowest BCUT2D eigenvalue weighted by molar-refractivity contribution is -0.385. The molecule has 2 N–H and O–H groups in total. The summed E-state index contributed by atoms with van der Waals surface area (Å²) >= 11 is 3.10. The van der Waals surface area contributed by atoms with Crippen molar-refractivity contribution >= 4 is 33.2 Å². The van der Waals surface area contributed by atoms with E-state index in [-0.39, 0.29) is 24.3 Å². The molecule has 0 saturated carbocycles. The summed E-state index contributed by atoms with van der Waals surface area (Å²) in [4.78, 5) is 22.1. The van der Waals surface area contributed by atoms with Crippen LogP contribution in [-0.4, -0.2) is 36.6 Å². The van der Waals surface area contributed by atoms with Crippen LogP contribution < -0.4 is 10.6 Å². The Hall–Kier alpha value is -1.51. The molecule has 0 atom stereocenters. The molecule has 8 heteroatoms. The lowest BCUT2D eigenvalue weighted by Gasteiger charge is -2.22. The summed E-state index contributed by atoms with van der Waals surface area (Å²) in [5.74, 6) is -0.315. The largest absolute Gasteiger partial charge is 0.368 e. The second-order valence-electron chi connectivity index (χ2n) is 4.73. The Morgan fingerprint density at radius 3 is 2.86 bits per heavy atom. The van der Waals surface area contributed by atoms with E-state index in [9.17, 15) is 14.9 Å². The Kier molecular flexibility index (Phi) is 5.66. The van der Waals surface area contributed by atoms with Crippen molar-refractivity contribution in [3.63, 3.8) is 0 Å². The number of nitrogens with zero attached hydrogens (tertiary/aromatic N) is 1. The first kappa shape index (κ1) is 15.9. The second-order valence-corrected chi connectivity index (χ2v) is 5.59. The van der Waals surface area contributed by atoms with Crippen LogP contribution in [0.2, 0.25) is 0 Å². The third kappa shape index (κ3) is 4.76. The molecule has 7 nitrogen and oxygen atoms in total. The average Bonchev–Trinajstić information content (AvgIpc) is 2.48. The SMILES string of the molecule is O=C(COC1CCNCC1)Nc1ccc(Br)c([N+](=O)[O-])c1. The monoisotopic (exact) mass is 357 g/mol. The van der Waals surface area contributed by atoms with Crippen molar-refractivity contribution in [2.75, 3.05) is 25.0 Å². The summed E-state index contributed by atoms with van der Waals surface area (Å²) in [5.41, 5.74) is 0.288. The third-order valence-corrected chi connectivity index (χ3v) is 3.83. The first-order valence-corrected chi connectivity index (χ1v) is 7.41. The average molecular weight is 358 g/mol. The van der Waals surface area contributed by atoms with Gasteiger partial charge >= 0.3 is 0 Å². The van der Waals surface area contributed by atoms with Gasteiger partial charge in [-0.2, -0.15) is 0 Å². The van der Waals surface area contributed by atoms with Crippen LogP contribution in [0.5, 0.6) is 0 Å². The minimum Gasteiger partial charge on any atom is -0.368 e. The van der Waals surface area contributed by atoms with Crippen molar-refractivity contribution < 1.29 is 14.5 Å². The maximum Gasteiger partial charge on any atom is 0.285 e. The highest BCUT2D eigenvalue weighted by Gasteiger charge is 2.16. The zero-order valence-corrected chi connectivity index (χ0v) is 12.9. The summed E-state index contributed by atoms with van der Waals surface area (Å²) in [7, 11) is 0. The van der Waals surface area contributed by atoms with Crippen molar-refractivity contribution in [3.8, 4) is 0 Å². The molecule has 0 unspecified atom stereocenters. The van der Waals surface area contributed by atoms with Gasteiger partial charge < -0.3 is 15.4 Å². The van der Waals surface area contributed by atoms with Crippen LogP contribution in [0, 0.1) is 10.1 Å². The Morgan fingerprint density at radius 1 is 1.48 bits per heavy atom. The first-order valence-electron chi connectivity index (χ1n) is 6.62. The minimum absolute atomic E-state index is 0.0471. The number of piperidine rings is 1. The van der Waals surface area contributed by atoms with Gasteiger partial charge in [0.15, 0.2) is 0 Å². The molecule has 1 heterocycles. The highest BCUT2D eigenvalue weighted by Crippen LogP contribution is 2.27. The van der Waals surface area contributed by atoms with E-state index in [2.05, 4.69) is 26.6 Å². The highest BCUT2D eigenvalue weighted by molar-refractivity contribution is 9.10. The number of nitrogens with one attached hydrogen (secondary N) is 2. The predicted molar refractivity (Wildman–Crippen MR) is 81.3 cm³/mol. The maximum absolute atomic E-state index is 11.8. The van der Waals surface area contributed by atoms with Gasteiger partial charge in [-0.25, -0.2) is 0 Å². The van der Waals surface area contributed by atoms with Crippen LogP contribution in [0.25, 0.3) is 0 Å². The van der Waals surface area contributed by atoms with E-state index in [4.69, 9.17) is 4.74 Å². The molecule has 1 aromatic rings. The number of halogens is 1. The Morgan fingerprint density at radius 2 is 2.19 bits per heavy atom. The number of hydrogen-bond acceptors (Lipinski definition) is 5. The Bertz CT molecular complexity index is 532. The Labute approximate surface area is 130 Å². The quantitative estimate of drug-likeness (QED) is 0.621. The van der Waals surface area contributed by atoms with E-state index >= 15 is 0 Å². The maximum atomic E-state index is 11.8. The van der Waals surface area contributed by atoms with Crippen LogP contribution in [0.3, 0.4) is 0 Å². The van der Waals surface area contributed by atoms with Crippen molar-refractivity contribution in [2.24, 2.45) is 0 Å². The van der Waals surface area contributed by atoms with Gasteiger partial charge in [-0.3, -0.25) is 14.9 Å². The zero-order valence-electron chi connectivity index (χ0n) is 11.3. The fourth-order valence-electron chi connectivity index (χ4n) is 2.08. The van der Waals surface area contributed by atoms with Crippen molar-refractivity contribution in [1.29, 1.82) is 0 Å². The molecule has 21 heavy (non-hydrogen) atoms. The summed E-state index contributed by atoms with van der Waals surface area (Å²) in [6, 6.07) is 4.44. The number of rotatable bonds is 5. The van der Waals surface area contributed by atoms with Crippen LogP contribution in [0.4, 0.5) is 11.4 Å². The van der Waals surface area contributed by atoms with Gasteiger partial charge in [0.25, 0.3) is 5.69 Å². The molecule has 0 aromatic heterocycles. The number of amides is 1. The number of nitro benzene ring substituents is 1. The molecule has 1 aromatic carbocycles. The standard InChI is InChI=1S/C13H16BrN3O4/c14-11-2-1-9(7-12(11)17(19)20)16-13(18)8-21-10-3-5-15-6-4-10/h1-2,7,10,15H,3-6,8H2,(H,16,18). The smallest absolute Gasteiger partial charge is 0.285 e. The summed E-state index contributed by atoms with van der Waals surface area (Å²) < 4.78 is 5.89. The van der Waals surface area contributed by atoms with Gasteiger partial charge in [-0.1, -0.05) is 0 Å². The molecular weight excluding hydrogens is 342 g/mol. The molecule has 0 spiro atoms. The number of nitro groups is 1. The number of carbonyl (C=O) groups is 1. The van der Waals surface area contributed by atoms with Crippen molar-refractivity contribution in [1.82, 2.24) is 5.32 Å². The predicted octanol–water partition coefficient (Wildman–Crippen LogP) is 2.06. The first-order chi connectivity index (χ1) is 10.1. The highest BCUT2D eigenvalue weighted by atomic mass is 79.9. The van der Waals surface area contributed by atoms with Crippen LogP contribution in [-0.2, 0) is 9.53 Å². The molecule has 1 saturated heterocycles. The number of carbonyl (C=O) groups excluding carboxylic acids is 1. The molecule has 1 aliphatic rings. The Balaban J connectivity index is 1.87. The van der Waals surface area contributed by atoms with Crippen molar-refractivity contribution in [3.05, 3.63) is 32.8 Å². The number of ether oxygens (including phenoxy) is 1. The molecule has 1 amide bonds. The molecule has 114 valence electrons. The van der Waals surface area contributed by atoms with Gasteiger partial charge in [-0.15, -0.1) is 0 Å². The van der Waals surface area contributed by atoms with E-state index < -0.39 is 4.92 Å². The molecule has 2 rings (SSSR count). The van der Waals surface area contributed by atoms with E-state index in [1.165, 1.54) is 12.1 Å². The van der Waals surface area contributed by atoms with Gasteiger partial charge in [0.1, 0.15) is 6.61 Å². The van der Waals surface area contributed by atoms with Gasteiger partial charge in [0, 0.05) is 11.8 Å². The second kappa shape index (κ2) is 7.48. The van der Waals surface area contributed by atoms with Crippen LogP contribution in [0.1, 0.15) is 12.8 Å². The molecule has 0 bridgehead atoms. The normalized spacial score (nSPS) is 15.7. The van der Waals surface area contributed by atoms with E-state index in [0.29, 0.717) is 10.2 Å². The summed E-state index contributed by atoms with van der Waals surface area (Å²) in [5, 5.41) is 16.6. The van der Waals surface area contributed by atoms with Gasteiger partial charge in [-0.05, 0) is 54.0 Å². The van der Waals surface area contributed by atoms with Crippen LogP contribution in [0.15, 0.2) is 22.7 Å². The summed E-state index contributed by atoms with van der Waals surface area (Å²) in [6.07, 6.45) is 1.87. The van der Waals surface area contributed by atoms with Crippen molar-refractivity contribution in [2.45, 2.75) is 18.9 Å². The van der Waals surface area contributed by atoms with Gasteiger partial charge in [0.2, 0.25) is 5.91 Å². The number of anilines is 1. The minimum atomic E-state index is -0.509. The van der Waals surface area contributed by atoms with E-state index in [0.717, 1.165) is 25.9 Å². The zero-order chi connectivity index (χ0) is 15.2. The molecule has 1 fully saturated rings. The molecule has 0 radical (unpaired) electrons. The third-order valence-electron chi connectivity index (χ3n) is 3.16. The van der Waals surface area contributed by atoms with Crippen LogP contribution >= 0.6 is 15.9 Å².